The highest BCUT2D eigenvalue weighted by Gasteiger charge is 2.35. The van der Waals surface area contributed by atoms with Gasteiger partial charge in [-0.2, -0.15) is 5.10 Å². The molecule has 2 N–H and O–H groups in total. The molecule has 2 atom stereocenters. The zero-order valence-corrected chi connectivity index (χ0v) is 17.7. The van der Waals surface area contributed by atoms with Gasteiger partial charge in [-0.15, -0.1) is 0 Å². The third kappa shape index (κ3) is 4.98. The number of aryl methyl sites for hydroxylation is 1. The van der Waals surface area contributed by atoms with E-state index in [1.54, 1.807) is 21.7 Å². The molecular formula is C22H29FN4O3. The van der Waals surface area contributed by atoms with Crippen molar-refractivity contribution in [2.45, 2.75) is 52.2 Å². The molecule has 30 heavy (non-hydrogen) atoms. The molecule has 0 spiro atoms. The monoisotopic (exact) mass is 416 g/mol. The van der Waals surface area contributed by atoms with Gasteiger partial charge in [0.25, 0.3) is 5.91 Å². The van der Waals surface area contributed by atoms with Crippen LogP contribution in [0.25, 0.3) is 0 Å². The number of hydrogen-bond acceptors (Lipinski definition) is 4. The number of piperidine rings is 1. The number of primary amides is 1. The topological polar surface area (TPSA) is 90.4 Å². The van der Waals surface area contributed by atoms with Crippen molar-refractivity contribution < 1.29 is 18.7 Å². The number of halogens is 1. The predicted octanol–water partition coefficient (Wildman–Crippen LogP) is 2.95. The van der Waals surface area contributed by atoms with Crippen LogP contribution in [-0.4, -0.2) is 45.7 Å². The number of amides is 2. The second-order valence-electron chi connectivity index (χ2n) is 8.01. The van der Waals surface area contributed by atoms with Crippen LogP contribution in [0.4, 0.5) is 4.39 Å². The standard InChI is InChI=1S/C22H29FN4O3/c1-4-27-19(12-18(25-27)14(2)3)22(29)26-10-9-20(15(13-26)11-21(24)28)30-17-7-5-16(23)6-8-17/h5-8,12,14-15,20H,4,9-11,13H2,1-3H3,(H2,24,28)/t15-,20-/m0/s1. The Bertz CT molecular complexity index is 894. The van der Waals surface area contributed by atoms with Crippen molar-refractivity contribution in [3.8, 4) is 5.75 Å². The summed E-state index contributed by atoms with van der Waals surface area (Å²) in [5.41, 5.74) is 6.88. The van der Waals surface area contributed by atoms with E-state index in [-0.39, 0.29) is 36.1 Å². The fourth-order valence-electron chi connectivity index (χ4n) is 3.79. The van der Waals surface area contributed by atoms with Crippen LogP contribution >= 0.6 is 0 Å². The summed E-state index contributed by atoms with van der Waals surface area (Å²) >= 11 is 0. The molecule has 1 saturated heterocycles. The molecule has 0 saturated carbocycles. The predicted molar refractivity (Wildman–Crippen MR) is 111 cm³/mol. The van der Waals surface area contributed by atoms with E-state index in [2.05, 4.69) is 5.10 Å². The van der Waals surface area contributed by atoms with E-state index in [0.29, 0.717) is 37.5 Å². The van der Waals surface area contributed by atoms with E-state index in [1.165, 1.54) is 12.1 Å². The molecular weight excluding hydrogens is 387 g/mol. The van der Waals surface area contributed by atoms with Crippen LogP contribution in [0.3, 0.4) is 0 Å². The average molecular weight is 416 g/mol. The van der Waals surface area contributed by atoms with Crippen molar-refractivity contribution >= 4 is 11.8 Å². The Hall–Kier alpha value is -2.90. The van der Waals surface area contributed by atoms with Crippen molar-refractivity contribution in [1.82, 2.24) is 14.7 Å². The van der Waals surface area contributed by atoms with Crippen LogP contribution in [0.1, 0.15) is 55.7 Å². The number of nitrogens with two attached hydrogens (primary N) is 1. The third-order valence-electron chi connectivity index (χ3n) is 5.42. The molecule has 0 unspecified atom stereocenters. The molecule has 1 aliphatic rings. The van der Waals surface area contributed by atoms with E-state index in [9.17, 15) is 14.0 Å². The van der Waals surface area contributed by atoms with E-state index in [0.717, 1.165) is 5.69 Å². The quantitative estimate of drug-likeness (QED) is 0.751. The summed E-state index contributed by atoms with van der Waals surface area (Å²) in [5.74, 6) is -0.380. The molecule has 7 nitrogen and oxygen atoms in total. The van der Waals surface area contributed by atoms with Crippen LogP contribution in [0.5, 0.6) is 5.75 Å². The van der Waals surface area contributed by atoms with Gasteiger partial charge in [-0.05, 0) is 43.2 Å². The summed E-state index contributed by atoms with van der Waals surface area (Å²) in [6, 6.07) is 7.62. The molecule has 0 bridgehead atoms. The molecule has 3 rings (SSSR count). The van der Waals surface area contributed by atoms with Crippen molar-refractivity contribution in [1.29, 1.82) is 0 Å². The third-order valence-corrected chi connectivity index (χ3v) is 5.42. The molecule has 1 aromatic heterocycles. The summed E-state index contributed by atoms with van der Waals surface area (Å²) in [6.07, 6.45) is 0.382. The molecule has 2 heterocycles. The van der Waals surface area contributed by atoms with Crippen molar-refractivity contribution in [2.24, 2.45) is 11.7 Å². The minimum Gasteiger partial charge on any atom is -0.490 e. The van der Waals surface area contributed by atoms with Gasteiger partial charge in [0.15, 0.2) is 0 Å². The van der Waals surface area contributed by atoms with Gasteiger partial charge >= 0.3 is 0 Å². The highest BCUT2D eigenvalue weighted by molar-refractivity contribution is 5.93. The summed E-state index contributed by atoms with van der Waals surface area (Å²) in [6.45, 7) is 7.48. The van der Waals surface area contributed by atoms with Gasteiger partial charge in [-0.3, -0.25) is 14.3 Å². The number of carbonyl (C=O) groups is 2. The Morgan fingerprint density at radius 1 is 1.30 bits per heavy atom. The molecule has 0 radical (unpaired) electrons. The fourth-order valence-corrected chi connectivity index (χ4v) is 3.79. The Morgan fingerprint density at radius 2 is 2.00 bits per heavy atom. The maximum absolute atomic E-state index is 13.2. The lowest BCUT2D eigenvalue weighted by atomic mass is 9.91. The van der Waals surface area contributed by atoms with Gasteiger partial charge in [0.05, 0.1) is 5.69 Å². The summed E-state index contributed by atoms with van der Waals surface area (Å²) in [5, 5.41) is 4.53. The molecule has 2 aromatic rings. The number of ether oxygens (including phenoxy) is 1. The van der Waals surface area contributed by atoms with Gasteiger partial charge in [0.2, 0.25) is 5.91 Å². The van der Waals surface area contributed by atoms with Gasteiger partial charge < -0.3 is 15.4 Å². The van der Waals surface area contributed by atoms with Crippen LogP contribution in [0.15, 0.2) is 30.3 Å². The number of carbonyl (C=O) groups excluding carboxylic acids is 2. The number of benzene rings is 1. The number of nitrogens with zero attached hydrogens (tertiary/aromatic N) is 3. The molecule has 2 amide bonds. The second kappa shape index (κ2) is 9.28. The van der Waals surface area contributed by atoms with Gasteiger partial charge in [0.1, 0.15) is 23.4 Å². The molecule has 8 heteroatoms. The van der Waals surface area contributed by atoms with Gasteiger partial charge in [0, 0.05) is 38.4 Å². The van der Waals surface area contributed by atoms with Crippen LogP contribution in [-0.2, 0) is 11.3 Å². The summed E-state index contributed by atoms with van der Waals surface area (Å²) < 4.78 is 20.9. The van der Waals surface area contributed by atoms with E-state index in [1.807, 2.05) is 26.8 Å². The first-order valence-corrected chi connectivity index (χ1v) is 10.4. The highest BCUT2D eigenvalue weighted by atomic mass is 19.1. The number of aromatic nitrogens is 2. The van der Waals surface area contributed by atoms with Gasteiger partial charge in [-0.25, -0.2) is 4.39 Å². The number of rotatable bonds is 7. The van der Waals surface area contributed by atoms with Crippen LogP contribution in [0.2, 0.25) is 0 Å². The van der Waals surface area contributed by atoms with Crippen LogP contribution in [0, 0.1) is 11.7 Å². The lowest BCUT2D eigenvalue weighted by Crippen LogP contribution is -2.49. The van der Waals surface area contributed by atoms with Crippen molar-refractivity contribution in [3.05, 3.63) is 47.5 Å². The Labute approximate surface area is 176 Å². The minimum atomic E-state index is -0.442. The largest absolute Gasteiger partial charge is 0.490 e. The van der Waals surface area contributed by atoms with Crippen molar-refractivity contribution in [2.75, 3.05) is 13.1 Å². The first-order valence-electron chi connectivity index (χ1n) is 10.4. The molecule has 162 valence electrons. The highest BCUT2D eigenvalue weighted by Crippen LogP contribution is 2.27. The molecule has 1 fully saturated rings. The zero-order valence-electron chi connectivity index (χ0n) is 17.7. The van der Waals surface area contributed by atoms with E-state index in [4.69, 9.17) is 10.5 Å². The first kappa shape index (κ1) is 21.8. The minimum absolute atomic E-state index is 0.106. The first-order chi connectivity index (χ1) is 14.3. The molecule has 0 aliphatic carbocycles. The van der Waals surface area contributed by atoms with Crippen molar-refractivity contribution in [3.63, 3.8) is 0 Å². The van der Waals surface area contributed by atoms with Gasteiger partial charge in [-0.1, -0.05) is 13.8 Å². The molecule has 1 aromatic carbocycles. The summed E-state index contributed by atoms with van der Waals surface area (Å²) in [7, 11) is 0. The Balaban J connectivity index is 1.76. The zero-order chi connectivity index (χ0) is 21.8. The Morgan fingerprint density at radius 3 is 2.60 bits per heavy atom. The second-order valence-corrected chi connectivity index (χ2v) is 8.01. The fraction of sp³-hybridized carbons (Fsp3) is 0.500. The Kier molecular flexibility index (Phi) is 6.74. The maximum Gasteiger partial charge on any atom is 0.272 e. The van der Waals surface area contributed by atoms with E-state index >= 15 is 0 Å². The summed E-state index contributed by atoms with van der Waals surface area (Å²) in [4.78, 5) is 26.6. The lowest BCUT2D eigenvalue weighted by molar-refractivity contribution is -0.120. The smallest absolute Gasteiger partial charge is 0.272 e. The number of likely N-dealkylation sites (tertiary alicyclic amines) is 1. The van der Waals surface area contributed by atoms with Crippen LogP contribution < -0.4 is 10.5 Å². The SMILES string of the molecule is CCn1nc(C(C)C)cc1C(=O)N1CC[C@H](Oc2ccc(F)cc2)[C@@H](CC(N)=O)C1. The maximum atomic E-state index is 13.2. The average Bonchev–Trinajstić information content (AvgIpc) is 3.15. The van der Waals surface area contributed by atoms with E-state index < -0.39 is 5.91 Å². The lowest BCUT2D eigenvalue weighted by Gasteiger charge is -2.38. The molecule has 1 aliphatic heterocycles. The normalized spacial score (nSPS) is 19.2. The number of hydrogen-bond donors (Lipinski definition) is 1.